The smallest absolute Gasteiger partial charge is 0.224 e. The highest BCUT2D eigenvalue weighted by atomic mass is 16.2. The van der Waals surface area contributed by atoms with Crippen LogP contribution in [0.4, 0.5) is 0 Å². The van der Waals surface area contributed by atoms with Crippen molar-refractivity contribution in [1.29, 1.82) is 0 Å². The first-order chi connectivity index (χ1) is 15.8. The van der Waals surface area contributed by atoms with E-state index < -0.39 is 0 Å². The molecule has 2 aromatic rings. The number of amides is 2. The summed E-state index contributed by atoms with van der Waals surface area (Å²) < 4.78 is 2.41. The number of piperidine rings is 1. The van der Waals surface area contributed by atoms with Crippen molar-refractivity contribution in [1.82, 2.24) is 20.1 Å². The predicted octanol–water partition coefficient (Wildman–Crippen LogP) is 3.75. The molecule has 6 nitrogen and oxygen atoms in total. The molecule has 1 aromatic carbocycles. The predicted molar refractivity (Wildman–Crippen MR) is 131 cm³/mol. The Balaban J connectivity index is 1.31. The Hall–Kier alpha value is -2.34. The molecule has 6 heteroatoms. The zero-order valence-electron chi connectivity index (χ0n) is 20.4. The molecule has 0 unspecified atom stereocenters. The van der Waals surface area contributed by atoms with Gasteiger partial charge in [0.1, 0.15) is 0 Å². The van der Waals surface area contributed by atoms with Crippen LogP contribution in [0.1, 0.15) is 76.0 Å². The number of benzene rings is 1. The summed E-state index contributed by atoms with van der Waals surface area (Å²) in [5.41, 5.74) is 4.22. The van der Waals surface area contributed by atoms with Crippen molar-refractivity contribution in [2.75, 3.05) is 13.6 Å². The van der Waals surface area contributed by atoms with E-state index in [4.69, 9.17) is 0 Å². The van der Waals surface area contributed by atoms with Crippen LogP contribution in [0, 0.1) is 5.92 Å². The molecule has 0 spiro atoms. The monoisotopic (exact) mass is 450 g/mol. The summed E-state index contributed by atoms with van der Waals surface area (Å²) in [7, 11) is 2.19. The molecule has 0 radical (unpaired) electrons. The molecule has 3 atom stereocenters. The number of hydrogen-bond acceptors (Lipinski definition) is 3. The van der Waals surface area contributed by atoms with Gasteiger partial charge in [-0.05, 0) is 76.6 Å². The molecule has 0 bridgehead atoms. The van der Waals surface area contributed by atoms with Crippen LogP contribution in [0.25, 0.3) is 10.9 Å². The molecule has 178 valence electrons. The number of aromatic nitrogens is 1. The van der Waals surface area contributed by atoms with E-state index in [-0.39, 0.29) is 29.8 Å². The lowest BCUT2D eigenvalue weighted by Crippen LogP contribution is -2.53. The number of nitrogens with zero attached hydrogens (tertiary/aromatic N) is 2. The van der Waals surface area contributed by atoms with E-state index in [0.717, 1.165) is 45.1 Å². The van der Waals surface area contributed by atoms with Gasteiger partial charge in [0.25, 0.3) is 0 Å². The molecule has 1 saturated carbocycles. The number of carbonyl (C=O) groups excluding carboxylic acids is 2. The number of nitrogens with one attached hydrogen (secondary N) is 2. The average Bonchev–Trinajstić information content (AvgIpc) is 3.15. The van der Waals surface area contributed by atoms with Crippen LogP contribution in [-0.4, -0.2) is 53.0 Å². The fraction of sp³-hybridized carbons (Fsp3) is 0.630. The third-order valence-corrected chi connectivity index (χ3v) is 8.28. The first-order valence-corrected chi connectivity index (χ1v) is 12.7. The zero-order valence-corrected chi connectivity index (χ0v) is 20.4. The van der Waals surface area contributed by atoms with Crippen molar-refractivity contribution in [3.8, 4) is 0 Å². The van der Waals surface area contributed by atoms with Crippen molar-refractivity contribution >= 4 is 22.7 Å². The van der Waals surface area contributed by atoms with Gasteiger partial charge in [-0.3, -0.25) is 9.59 Å². The van der Waals surface area contributed by atoms with Gasteiger partial charge < -0.3 is 20.1 Å². The number of fused-ring (bicyclic) bond motifs is 2. The lowest BCUT2D eigenvalue weighted by atomic mass is 9.72. The molecule has 2 heterocycles. The van der Waals surface area contributed by atoms with Gasteiger partial charge in [0.05, 0.1) is 5.92 Å². The molecular weight excluding hydrogens is 412 g/mol. The maximum atomic E-state index is 13.3. The number of hydrogen-bond donors (Lipinski definition) is 2. The molecule has 2 amide bonds. The van der Waals surface area contributed by atoms with Crippen molar-refractivity contribution in [3.05, 3.63) is 35.5 Å². The Kier molecular flexibility index (Phi) is 5.98. The van der Waals surface area contributed by atoms with Gasteiger partial charge in [-0.25, -0.2) is 0 Å². The number of likely N-dealkylation sites (N-methyl/N-ethyl adjacent to an activating group) is 1. The molecule has 1 saturated heterocycles. The number of rotatable bonds is 4. The summed E-state index contributed by atoms with van der Waals surface area (Å²) in [5, 5.41) is 7.81. The van der Waals surface area contributed by atoms with Gasteiger partial charge in [0, 0.05) is 60.7 Å². The second kappa shape index (κ2) is 8.79. The van der Waals surface area contributed by atoms with Crippen molar-refractivity contribution in [2.24, 2.45) is 5.92 Å². The third kappa shape index (κ3) is 4.18. The first-order valence-electron chi connectivity index (χ1n) is 12.7. The quantitative estimate of drug-likeness (QED) is 0.746. The second-order valence-electron chi connectivity index (χ2n) is 10.9. The van der Waals surface area contributed by atoms with Crippen LogP contribution < -0.4 is 10.6 Å². The number of likely N-dealkylation sites (tertiary alicyclic amines) is 1. The molecule has 5 rings (SSSR count). The fourth-order valence-corrected chi connectivity index (χ4v) is 6.68. The van der Waals surface area contributed by atoms with Crippen LogP contribution in [0.2, 0.25) is 0 Å². The topological polar surface area (TPSA) is 66.4 Å². The van der Waals surface area contributed by atoms with Gasteiger partial charge >= 0.3 is 0 Å². The van der Waals surface area contributed by atoms with Gasteiger partial charge in [-0.1, -0.05) is 12.1 Å². The fourth-order valence-electron chi connectivity index (χ4n) is 6.68. The minimum absolute atomic E-state index is 0.0216. The Morgan fingerprint density at radius 2 is 1.76 bits per heavy atom. The molecular formula is C27H38N4O2. The highest BCUT2D eigenvalue weighted by Gasteiger charge is 2.42. The van der Waals surface area contributed by atoms with Gasteiger partial charge in [-0.2, -0.15) is 0 Å². The van der Waals surface area contributed by atoms with E-state index >= 15 is 0 Å². The minimum atomic E-state index is 0.0216. The van der Waals surface area contributed by atoms with Crippen LogP contribution in [-0.2, 0) is 16.0 Å². The summed E-state index contributed by atoms with van der Waals surface area (Å²) in [4.78, 5) is 27.1. The third-order valence-electron chi connectivity index (χ3n) is 8.28. The van der Waals surface area contributed by atoms with Crippen molar-refractivity contribution in [3.63, 3.8) is 0 Å². The van der Waals surface area contributed by atoms with E-state index in [9.17, 15) is 9.59 Å². The van der Waals surface area contributed by atoms with E-state index in [1.165, 1.54) is 22.0 Å². The van der Waals surface area contributed by atoms with E-state index in [1.807, 2.05) is 0 Å². The minimum Gasteiger partial charge on any atom is -0.354 e. The molecule has 1 aliphatic heterocycles. The van der Waals surface area contributed by atoms with Gasteiger partial charge in [0.2, 0.25) is 11.8 Å². The van der Waals surface area contributed by atoms with Crippen molar-refractivity contribution in [2.45, 2.75) is 89.4 Å². The summed E-state index contributed by atoms with van der Waals surface area (Å²) in [6.07, 6.45) is 8.12. The lowest BCUT2D eigenvalue weighted by molar-refractivity contribution is -0.128. The number of carbonyl (C=O) groups is 2. The molecule has 33 heavy (non-hydrogen) atoms. The molecule has 1 aromatic heterocycles. The largest absolute Gasteiger partial charge is 0.354 e. The Labute approximate surface area is 197 Å². The lowest BCUT2D eigenvalue weighted by Gasteiger charge is -2.45. The van der Waals surface area contributed by atoms with Crippen LogP contribution in [0.3, 0.4) is 0 Å². The average molecular weight is 451 g/mol. The summed E-state index contributed by atoms with van der Waals surface area (Å²) in [5.74, 6) is 0.667. The molecule has 2 aliphatic carbocycles. The van der Waals surface area contributed by atoms with Crippen LogP contribution in [0.15, 0.2) is 24.4 Å². The van der Waals surface area contributed by atoms with Crippen LogP contribution in [0.5, 0.6) is 0 Å². The molecule has 2 N–H and O–H groups in total. The first kappa shape index (κ1) is 22.5. The SMILES string of the molecule is CC(=O)N[C@H]1CC[C@H](NC(=O)[C@@H]2C[C@@H]3c4cccc5c4c(cn5C(C)C)C[C@H]3N(C)C2)CC1. The zero-order chi connectivity index (χ0) is 23.3. The summed E-state index contributed by atoms with van der Waals surface area (Å²) in [6.45, 7) is 6.89. The van der Waals surface area contributed by atoms with Crippen LogP contribution >= 0.6 is 0 Å². The van der Waals surface area contributed by atoms with E-state index in [0.29, 0.717) is 18.0 Å². The Bertz CT molecular complexity index is 1050. The maximum absolute atomic E-state index is 13.3. The van der Waals surface area contributed by atoms with E-state index in [2.05, 4.69) is 65.4 Å². The highest BCUT2D eigenvalue weighted by molar-refractivity contribution is 5.89. The van der Waals surface area contributed by atoms with E-state index in [1.54, 1.807) is 6.92 Å². The second-order valence-corrected chi connectivity index (χ2v) is 10.9. The summed E-state index contributed by atoms with van der Waals surface area (Å²) >= 11 is 0. The van der Waals surface area contributed by atoms with Gasteiger partial charge in [0.15, 0.2) is 0 Å². The Morgan fingerprint density at radius 1 is 1.06 bits per heavy atom. The maximum Gasteiger partial charge on any atom is 0.224 e. The summed E-state index contributed by atoms with van der Waals surface area (Å²) in [6, 6.07) is 8.12. The normalized spacial score (nSPS) is 29.7. The highest BCUT2D eigenvalue weighted by Crippen LogP contribution is 2.45. The van der Waals surface area contributed by atoms with Gasteiger partial charge in [-0.15, -0.1) is 0 Å². The molecule has 3 aliphatic rings. The Morgan fingerprint density at radius 3 is 2.42 bits per heavy atom. The molecule has 2 fully saturated rings. The standard InChI is InChI=1S/C27H38N4O2/c1-16(2)31-15-18-13-25-23(22-6-5-7-24(31)26(18)22)12-19(14-30(25)4)27(33)29-21-10-8-20(9-11-21)28-17(3)32/h5-7,15-16,19-21,23,25H,8-14H2,1-4H3,(H,28,32)(H,29,33)/t19-,20-,21-,23-,25-/m1/s1. The van der Waals surface area contributed by atoms with Crippen molar-refractivity contribution < 1.29 is 9.59 Å².